The van der Waals surface area contributed by atoms with Crippen LogP contribution in [0.2, 0.25) is 0 Å². The predicted octanol–water partition coefficient (Wildman–Crippen LogP) is 3.31. The molecule has 29 heavy (non-hydrogen) atoms. The lowest BCUT2D eigenvalue weighted by atomic mass is 10.1. The van der Waals surface area contributed by atoms with Crippen molar-refractivity contribution in [1.29, 1.82) is 0 Å². The second kappa shape index (κ2) is 8.23. The van der Waals surface area contributed by atoms with Gasteiger partial charge in [0.15, 0.2) is 11.4 Å². The maximum Gasteiger partial charge on any atom is 0.274 e. The molecule has 2 amide bonds. The van der Waals surface area contributed by atoms with Crippen LogP contribution < -0.4 is 10.1 Å². The van der Waals surface area contributed by atoms with Crippen LogP contribution in [-0.2, 0) is 4.79 Å². The third kappa shape index (κ3) is 4.75. The van der Waals surface area contributed by atoms with Gasteiger partial charge in [0.1, 0.15) is 6.04 Å². The molecule has 4 rings (SSSR count). The van der Waals surface area contributed by atoms with Gasteiger partial charge in [-0.25, -0.2) is 4.98 Å². The van der Waals surface area contributed by atoms with Crippen LogP contribution in [0.1, 0.15) is 59.3 Å². The van der Waals surface area contributed by atoms with Crippen molar-refractivity contribution >= 4 is 11.8 Å². The zero-order chi connectivity index (χ0) is 20.4. The van der Waals surface area contributed by atoms with E-state index in [2.05, 4.69) is 10.3 Å². The number of hydrogen-bond donors (Lipinski definition) is 1. The maximum absolute atomic E-state index is 13.1. The number of hydrogen-bond acceptors (Lipinski definition) is 4. The topological polar surface area (TPSA) is 71.5 Å². The molecule has 1 heterocycles. The van der Waals surface area contributed by atoms with Gasteiger partial charge in [-0.15, -0.1) is 0 Å². The molecule has 0 aliphatic heterocycles. The first-order valence-electron chi connectivity index (χ1n) is 10.2. The first-order chi connectivity index (χ1) is 14.0. The molecule has 1 aromatic heterocycles. The lowest BCUT2D eigenvalue weighted by Gasteiger charge is -2.22. The standard InChI is InChI=1S/C23H27N3O3/c1-26(2)23(28)20(17-6-4-3-5-7-17)25-22(27)21-19(29-14-15-8-9-15)12-18(13-24-21)16-10-11-16/h3-7,12-13,15-16,20H,8-11,14H2,1-2H3,(H,25,27). The molecule has 2 aromatic rings. The highest BCUT2D eigenvalue weighted by Gasteiger charge is 2.30. The van der Waals surface area contributed by atoms with Gasteiger partial charge in [-0.05, 0) is 54.7 Å². The lowest BCUT2D eigenvalue weighted by Crippen LogP contribution is -2.40. The molecule has 6 heteroatoms. The van der Waals surface area contributed by atoms with Crippen LogP contribution in [0.25, 0.3) is 0 Å². The molecule has 152 valence electrons. The van der Waals surface area contributed by atoms with E-state index < -0.39 is 11.9 Å². The minimum atomic E-state index is -0.778. The van der Waals surface area contributed by atoms with Gasteiger partial charge in [-0.2, -0.15) is 0 Å². The van der Waals surface area contributed by atoms with Gasteiger partial charge in [0.25, 0.3) is 5.91 Å². The number of nitrogens with zero attached hydrogens (tertiary/aromatic N) is 2. The monoisotopic (exact) mass is 393 g/mol. The number of amides is 2. The lowest BCUT2D eigenvalue weighted by molar-refractivity contribution is -0.130. The molecule has 2 aliphatic rings. The van der Waals surface area contributed by atoms with E-state index in [1.165, 1.54) is 17.7 Å². The Kier molecular flexibility index (Phi) is 5.51. The van der Waals surface area contributed by atoms with Crippen molar-refractivity contribution in [1.82, 2.24) is 15.2 Å². The van der Waals surface area contributed by atoms with E-state index in [1.807, 2.05) is 36.4 Å². The number of nitrogens with one attached hydrogen (secondary N) is 1. The van der Waals surface area contributed by atoms with Crippen LogP contribution in [0.15, 0.2) is 42.6 Å². The van der Waals surface area contributed by atoms with E-state index in [9.17, 15) is 9.59 Å². The Balaban J connectivity index is 1.58. The normalized spacial score (nSPS) is 16.8. The van der Waals surface area contributed by atoms with Crippen molar-refractivity contribution in [2.24, 2.45) is 5.92 Å². The van der Waals surface area contributed by atoms with E-state index in [1.54, 1.807) is 20.3 Å². The Morgan fingerprint density at radius 1 is 1.17 bits per heavy atom. The van der Waals surface area contributed by atoms with Crippen LogP contribution >= 0.6 is 0 Å². The Bertz CT molecular complexity index is 889. The zero-order valence-corrected chi connectivity index (χ0v) is 16.9. The summed E-state index contributed by atoms with van der Waals surface area (Å²) in [6.45, 7) is 0.606. The number of rotatable bonds is 8. The van der Waals surface area contributed by atoms with Crippen molar-refractivity contribution in [3.63, 3.8) is 0 Å². The molecule has 2 saturated carbocycles. The molecule has 1 N–H and O–H groups in total. The summed E-state index contributed by atoms with van der Waals surface area (Å²) in [6.07, 6.45) is 6.42. The van der Waals surface area contributed by atoms with E-state index in [0.29, 0.717) is 24.2 Å². The van der Waals surface area contributed by atoms with Gasteiger partial charge in [0, 0.05) is 20.3 Å². The summed E-state index contributed by atoms with van der Waals surface area (Å²) in [6, 6.07) is 10.4. The van der Waals surface area contributed by atoms with Crippen LogP contribution in [0, 0.1) is 5.92 Å². The first-order valence-corrected chi connectivity index (χ1v) is 10.2. The Morgan fingerprint density at radius 2 is 1.90 bits per heavy atom. The third-order valence-corrected chi connectivity index (χ3v) is 5.41. The summed E-state index contributed by atoms with van der Waals surface area (Å²) >= 11 is 0. The number of aromatic nitrogens is 1. The fourth-order valence-corrected chi connectivity index (χ4v) is 3.26. The van der Waals surface area contributed by atoms with Crippen molar-refractivity contribution in [2.45, 2.75) is 37.6 Å². The van der Waals surface area contributed by atoms with Gasteiger partial charge in [-0.3, -0.25) is 9.59 Å². The summed E-state index contributed by atoms with van der Waals surface area (Å²) in [5.41, 5.74) is 2.09. The quantitative estimate of drug-likeness (QED) is 0.747. The average molecular weight is 393 g/mol. The fraction of sp³-hybridized carbons (Fsp3) is 0.435. The molecule has 0 radical (unpaired) electrons. The average Bonchev–Trinajstić information content (AvgIpc) is 3.64. The highest BCUT2D eigenvalue weighted by molar-refractivity contribution is 5.98. The van der Waals surface area contributed by atoms with Gasteiger partial charge in [0.05, 0.1) is 6.61 Å². The molecule has 1 unspecified atom stereocenters. The predicted molar refractivity (Wildman–Crippen MR) is 110 cm³/mol. The second-order valence-corrected chi connectivity index (χ2v) is 8.19. The van der Waals surface area contributed by atoms with Gasteiger partial charge in [0.2, 0.25) is 5.91 Å². The maximum atomic E-state index is 13.1. The third-order valence-electron chi connectivity index (χ3n) is 5.41. The molecular formula is C23H27N3O3. The smallest absolute Gasteiger partial charge is 0.274 e. The van der Waals surface area contributed by atoms with Crippen LogP contribution in [0.5, 0.6) is 5.75 Å². The number of ether oxygens (including phenoxy) is 1. The number of likely N-dealkylation sites (N-methyl/N-ethyl adjacent to an activating group) is 1. The fourth-order valence-electron chi connectivity index (χ4n) is 3.26. The van der Waals surface area contributed by atoms with Gasteiger partial charge >= 0.3 is 0 Å². The van der Waals surface area contributed by atoms with Crippen molar-refractivity contribution in [3.8, 4) is 5.75 Å². The van der Waals surface area contributed by atoms with Crippen LogP contribution in [0.3, 0.4) is 0 Å². The Morgan fingerprint density at radius 3 is 2.52 bits per heavy atom. The highest BCUT2D eigenvalue weighted by Crippen LogP contribution is 2.41. The molecule has 0 saturated heterocycles. The Hall–Kier alpha value is -2.89. The molecule has 0 spiro atoms. The molecular weight excluding hydrogens is 366 g/mol. The number of carbonyl (C=O) groups is 2. The number of benzene rings is 1. The largest absolute Gasteiger partial charge is 0.491 e. The highest BCUT2D eigenvalue weighted by atomic mass is 16.5. The Labute approximate surface area is 171 Å². The van der Waals surface area contributed by atoms with Crippen molar-refractivity contribution in [2.75, 3.05) is 20.7 Å². The summed E-state index contributed by atoms with van der Waals surface area (Å²) in [5, 5.41) is 2.87. The summed E-state index contributed by atoms with van der Waals surface area (Å²) in [5.74, 6) is 1.02. The van der Waals surface area contributed by atoms with Gasteiger partial charge < -0.3 is 15.0 Å². The van der Waals surface area contributed by atoms with E-state index in [4.69, 9.17) is 4.74 Å². The van der Waals surface area contributed by atoms with Gasteiger partial charge in [-0.1, -0.05) is 30.3 Å². The van der Waals surface area contributed by atoms with Crippen LogP contribution in [0.4, 0.5) is 0 Å². The second-order valence-electron chi connectivity index (χ2n) is 8.19. The zero-order valence-electron chi connectivity index (χ0n) is 16.9. The summed E-state index contributed by atoms with van der Waals surface area (Å²) in [4.78, 5) is 31.7. The minimum Gasteiger partial charge on any atom is -0.491 e. The van der Waals surface area contributed by atoms with E-state index in [0.717, 1.165) is 24.0 Å². The number of pyridine rings is 1. The number of carbonyl (C=O) groups excluding carboxylic acids is 2. The first kappa shape index (κ1) is 19.4. The summed E-state index contributed by atoms with van der Waals surface area (Å²) in [7, 11) is 3.36. The molecule has 1 atom stereocenters. The minimum absolute atomic E-state index is 0.195. The van der Waals surface area contributed by atoms with Crippen molar-refractivity contribution in [3.05, 3.63) is 59.4 Å². The molecule has 2 fully saturated rings. The van der Waals surface area contributed by atoms with E-state index in [-0.39, 0.29) is 11.6 Å². The molecule has 1 aromatic carbocycles. The van der Waals surface area contributed by atoms with Crippen molar-refractivity contribution < 1.29 is 14.3 Å². The van der Waals surface area contributed by atoms with Crippen LogP contribution in [-0.4, -0.2) is 42.4 Å². The molecule has 6 nitrogen and oxygen atoms in total. The molecule has 2 aliphatic carbocycles. The SMILES string of the molecule is CN(C)C(=O)C(NC(=O)c1ncc(C2CC2)cc1OCC1CC1)c1ccccc1. The van der Waals surface area contributed by atoms with E-state index >= 15 is 0 Å². The summed E-state index contributed by atoms with van der Waals surface area (Å²) < 4.78 is 5.98. The molecule has 0 bridgehead atoms.